The Labute approximate surface area is 121 Å². The Balaban J connectivity index is 2.18. The number of rotatable bonds is 4. The van der Waals surface area contributed by atoms with E-state index in [4.69, 9.17) is 9.84 Å². The molecule has 0 unspecified atom stereocenters. The third-order valence-electron chi connectivity index (χ3n) is 3.27. The first kappa shape index (κ1) is 13.2. The number of aromatic carboxylic acids is 1. The van der Waals surface area contributed by atoms with Gasteiger partial charge in [-0.15, -0.1) is 0 Å². The molecule has 21 heavy (non-hydrogen) atoms. The summed E-state index contributed by atoms with van der Waals surface area (Å²) in [6.07, 6.45) is 0. The van der Waals surface area contributed by atoms with Crippen LogP contribution in [-0.2, 0) is 0 Å². The molecule has 106 valence electrons. The Morgan fingerprint density at radius 1 is 1.24 bits per heavy atom. The summed E-state index contributed by atoms with van der Waals surface area (Å²) in [7, 11) is 0. The van der Waals surface area contributed by atoms with Crippen LogP contribution in [0.1, 0.15) is 17.4 Å². The second kappa shape index (κ2) is 5.28. The topological polar surface area (TPSA) is 75.2 Å². The summed E-state index contributed by atoms with van der Waals surface area (Å²) in [6.45, 7) is 2.53. The zero-order chi connectivity index (χ0) is 14.8. The third kappa shape index (κ3) is 2.33. The van der Waals surface area contributed by atoms with Crippen LogP contribution in [0.15, 0.2) is 42.5 Å². The minimum Gasteiger partial charge on any atom is -0.493 e. The van der Waals surface area contributed by atoms with E-state index in [9.17, 15) is 4.79 Å². The van der Waals surface area contributed by atoms with Gasteiger partial charge in [-0.25, -0.2) is 4.79 Å². The number of carboxylic acids is 1. The van der Waals surface area contributed by atoms with Crippen LogP contribution in [-0.4, -0.2) is 27.9 Å². The predicted octanol–water partition coefficient (Wildman–Crippen LogP) is 3.33. The molecule has 2 aromatic carbocycles. The first-order valence-corrected chi connectivity index (χ1v) is 6.64. The van der Waals surface area contributed by atoms with Crippen molar-refractivity contribution >= 4 is 16.7 Å². The molecule has 1 aromatic heterocycles. The highest BCUT2D eigenvalue weighted by Gasteiger charge is 2.13. The molecule has 0 aliphatic carbocycles. The summed E-state index contributed by atoms with van der Waals surface area (Å²) in [5.41, 5.74) is 1.55. The van der Waals surface area contributed by atoms with E-state index in [1.807, 2.05) is 43.3 Å². The number of ether oxygens (including phenoxy) is 1. The molecule has 0 spiro atoms. The molecule has 5 nitrogen and oxygen atoms in total. The maximum absolute atomic E-state index is 11.0. The highest BCUT2D eigenvalue weighted by molar-refractivity contribution is 6.00. The summed E-state index contributed by atoms with van der Waals surface area (Å²) in [4.78, 5) is 11.0. The van der Waals surface area contributed by atoms with E-state index in [-0.39, 0.29) is 5.69 Å². The van der Waals surface area contributed by atoms with Crippen molar-refractivity contribution in [3.63, 3.8) is 0 Å². The van der Waals surface area contributed by atoms with E-state index in [0.717, 1.165) is 22.1 Å². The van der Waals surface area contributed by atoms with Crippen molar-refractivity contribution in [3.8, 4) is 17.0 Å². The van der Waals surface area contributed by atoms with Crippen LogP contribution >= 0.6 is 0 Å². The van der Waals surface area contributed by atoms with Gasteiger partial charge < -0.3 is 9.84 Å². The molecule has 0 saturated carbocycles. The van der Waals surface area contributed by atoms with Crippen LogP contribution < -0.4 is 4.74 Å². The highest BCUT2D eigenvalue weighted by Crippen LogP contribution is 2.33. The predicted molar refractivity (Wildman–Crippen MR) is 79.7 cm³/mol. The van der Waals surface area contributed by atoms with Crippen molar-refractivity contribution in [1.82, 2.24) is 10.2 Å². The highest BCUT2D eigenvalue weighted by atomic mass is 16.5. The lowest BCUT2D eigenvalue weighted by Gasteiger charge is -2.10. The van der Waals surface area contributed by atoms with Crippen LogP contribution in [0.3, 0.4) is 0 Å². The number of benzene rings is 2. The largest absolute Gasteiger partial charge is 0.493 e. The third-order valence-corrected chi connectivity index (χ3v) is 3.27. The van der Waals surface area contributed by atoms with Crippen molar-refractivity contribution in [2.45, 2.75) is 6.92 Å². The SMILES string of the molecule is CCOc1ccc(-c2cc(C(=O)O)[nH]n2)c2ccccc12. The molecular formula is C16H14N2O3. The fourth-order valence-corrected chi connectivity index (χ4v) is 2.35. The molecule has 5 heteroatoms. The number of H-pyrrole nitrogens is 1. The van der Waals surface area contributed by atoms with E-state index in [1.54, 1.807) is 0 Å². The molecule has 0 aliphatic rings. The normalized spacial score (nSPS) is 10.7. The van der Waals surface area contributed by atoms with Gasteiger partial charge in [0.1, 0.15) is 11.4 Å². The van der Waals surface area contributed by atoms with E-state index in [2.05, 4.69) is 10.2 Å². The van der Waals surface area contributed by atoms with Gasteiger partial charge in [0.2, 0.25) is 0 Å². The van der Waals surface area contributed by atoms with Crippen molar-refractivity contribution in [2.24, 2.45) is 0 Å². The lowest BCUT2D eigenvalue weighted by atomic mass is 10.0. The summed E-state index contributed by atoms with van der Waals surface area (Å²) in [6, 6.07) is 13.2. The minimum atomic E-state index is -1.02. The van der Waals surface area contributed by atoms with Crippen molar-refractivity contribution in [2.75, 3.05) is 6.61 Å². The molecule has 0 fully saturated rings. The number of hydrogen-bond donors (Lipinski definition) is 2. The van der Waals surface area contributed by atoms with Crippen molar-refractivity contribution in [3.05, 3.63) is 48.2 Å². The number of nitrogens with zero attached hydrogens (tertiary/aromatic N) is 1. The molecule has 0 bridgehead atoms. The minimum absolute atomic E-state index is 0.0722. The fourth-order valence-electron chi connectivity index (χ4n) is 2.35. The molecule has 0 amide bonds. The summed E-state index contributed by atoms with van der Waals surface area (Å²) in [5, 5.41) is 17.6. The average molecular weight is 282 g/mol. The van der Waals surface area contributed by atoms with Crippen LogP contribution in [0.4, 0.5) is 0 Å². The van der Waals surface area contributed by atoms with Crippen LogP contribution in [0.25, 0.3) is 22.0 Å². The van der Waals surface area contributed by atoms with E-state index >= 15 is 0 Å². The van der Waals surface area contributed by atoms with E-state index in [1.165, 1.54) is 6.07 Å². The number of aromatic amines is 1. The van der Waals surface area contributed by atoms with Gasteiger partial charge in [0, 0.05) is 10.9 Å². The lowest BCUT2D eigenvalue weighted by Crippen LogP contribution is -1.95. The Kier molecular flexibility index (Phi) is 3.31. The second-order valence-corrected chi connectivity index (χ2v) is 4.56. The Morgan fingerprint density at radius 3 is 2.67 bits per heavy atom. The molecule has 0 atom stereocenters. The van der Waals surface area contributed by atoms with E-state index < -0.39 is 5.97 Å². The van der Waals surface area contributed by atoms with Gasteiger partial charge in [-0.05, 0) is 30.5 Å². The molecule has 2 N–H and O–H groups in total. The van der Waals surface area contributed by atoms with Gasteiger partial charge in [0.05, 0.1) is 12.3 Å². The molecule has 0 saturated heterocycles. The lowest BCUT2D eigenvalue weighted by molar-refractivity contribution is 0.0690. The fraction of sp³-hybridized carbons (Fsp3) is 0.125. The molecule has 1 heterocycles. The number of hydrogen-bond acceptors (Lipinski definition) is 3. The number of aromatic nitrogens is 2. The number of nitrogens with one attached hydrogen (secondary N) is 1. The first-order chi connectivity index (χ1) is 10.2. The molecule has 3 rings (SSSR count). The Bertz CT molecular complexity index is 808. The second-order valence-electron chi connectivity index (χ2n) is 4.56. The summed E-state index contributed by atoms with van der Waals surface area (Å²) < 4.78 is 5.63. The van der Waals surface area contributed by atoms with E-state index in [0.29, 0.717) is 12.3 Å². The van der Waals surface area contributed by atoms with Crippen LogP contribution in [0.2, 0.25) is 0 Å². The smallest absolute Gasteiger partial charge is 0.353 e. The van der Waals surface area contributed by atoms with Gasteiger partial charge in [-0.2, -0.15) is 5.10 Å². The van der Waals surface area contributed by atoms with Crippen molar-refractivity contribution < 1.29 is 14.6 Å². The zero-order valence-corrected chi connectivity index (χ0v) is 11.5. The molecule has 0 aliphatic heterocycles. The zero-order valence-electron chi connectivity index (χ0n) is 11.5. The van der Waals surface area contributed by atoms with Gasteiger partial charge in [-0.1, -0.05) is 24.3 Å². The van der Waals surface area contributed by atoms with Crippen LogP contribution in [0.5, 0.6) is 5.75 Å². The van der Waals surface area contributed by atoms with Gasteiger partial charge >= 0.3 is 5.97 Å². The van der Waals surface area contributed by atoms with Gasteiger partial charge in [0.25, 0.3) is 0 Å². The van der Waals surface area contributed by atoms with Gasteiger partial charge in [-0.3, -0.25) is 5.10 Å². The summed E-state index contributed by atoms with van der Waals surface area (Å²) >= 11 is 0. The number of carboxylic acid groups (broad SMARTS) is 1. The maximum atomic E-state index is 11.0. The monoisotopic (exact) mass is 282 g/mol. The molecule has 0 radical (unpaired) electrons. The van der Waals surface area contributed by atoms with Crippen molar-refractivity contribution in [1.29, 1.82) is 0 Å². The Hall–Kier alpha value is -2.82. The first-order valence-electron chi connectivity index (χ1n) is 6.64. The quantitative estimate of drug-likeness (QED) is 0.769. The maximum Gasteiger partial charge on any atom is 0.353 e. The average Bonchev–Trinajstić information content (AvgIpc) is 2.98. The molecular weight excluding hydrogens is 268 g/mol. The number of carbonyl (C=O) groups is 1. The number of fused-ring (bicyclic) bond motifs is 1. The Morgan fingerprint density at radius 2 is 2.00 bits per heavy atom. The van der Waals surface area contributed by atoms with Gasteiger partial charge in [0.15, 0.2) is 0 Å². The summed E-state index contributed by atoms with van der Waals surface area (Å²) in [5.74, 6) is -0.213. The standard InChI is InChI=1S/C16H14N2O3/c1-2-21-15-8-7-11(10-5-3-4-6-12(10)15)13-9-14(16(19)20)18-17-13/h3-9H,2H2,1H3,(H,17,18)(H,19,20). The molecule has 3 aromatic rings. The van der Waals surface area contributed by atoms with Crippen LogP contribution in [0, 0.1) is 0 Å².